The third-order valence-corrected chi connectivity index (χ3v) is 8.44. The highest BCUT2D eigenvalue weighted by Crippen LogP contribution is 2.62. The van der Waals surface area contributed by atoms with Crippen molar-refractivity contribution in [3.63, 3.8) is 0 Å². The molecule has 2 heterocycles. The van der Waals surface area contributed by atoms with Gasteiger partial charge >= 0.3 is 0 Å². The van der Waals surface area contributed by atoms with E-state index in [1.807, 2.05) is 26.0 Å². The lowest BCUT2D eigenvalue weighted by molar-refractivity contribution is -0.144. The zero-order chi connectivity index (χ0) is 20.8. The molecule has 158 valence electrons. The van der Waals surface area contributed by atoms with Gasteiger partial charge in [-0.3, -0.25) is 4.79 Å². The number of amides is 1. The molecule has 1 saturated carbocycles. The van der Waals surface area contributed by atoms with Crippen molar-refractivity contribution in [2.45, 2.75) is 65.0 Å². The number of hydrogen-bond acceptors (Lipinski definition) is 6. The van der Waals surface area contributed by atoms with Crippen LogP contribution in [0.25, 0.3) is 0 Å². The summed E-state index contributed by atoms with van der Waals surface area (Å²) in [5.74, 6) is 0.766. The highest BCUT2D eigenvalue weighted by molar-refractivity contribution is 7.11. The predicted molar refractivity (Wildman–Crippen MR) is 110 cm³/mol. The third-order valence-electron chi connectivity index (χ3n) is 7.43. The summed E-state index contributed by atoms with van der Waals surface area (Å²) in [6.45, 7) is 6.53. The van der Waals surface area contributed by atoms with Crippen molar-refractivity contribution in [2.75, 3.05) is 6.61 Å². The number of rotatable bonds is 5. The van der Waals surface area contributed by atoms with Crippen LogP contribution in [0.1, 0.15) is 60.4 Å². The molecule has 1 amide bonds. The fourth-order valence-corrected chi connectivity index (χ4v) is 6.67. The largest absolute Gasteiger partial charge is 0.467 e. The van der Waals surface area contributed by atoms with Crippen molar-refractivity contribution >= 4 is 17.2 Å². The average molecular weight is 419 g/mol. The standard InChI is InChI=1S/C22H30N2O4S/c1-13-24-20-15(9-19(27)23-11-14-5-4-8-28-14)21(2)7-6-18(26)22(3,12-25)17(21)10-16(20)29-13/h4-5,8,15,17-18,25-26H,6-7,9-12H2,1-3H3,(H,23,27). The Kier molecular flexibility index (Phi) is 5.34. The Labute approximate surface area is 175 Å². The van der Waals surface area contributed by atoms with E-state index in [1.54, 1.807) is 17.6 Å². The van der Waals surface area contributed by atoms with E-state index in [-0.39, 0.29) is 29.8 Å². The number of furan rings is 1. The molecular formula is C22H30N2O4S. The van der Waals surface area contributed by atoms with Gasteiger partial charge in [0.25, 0.3) is 0 Å². The first kappa shape index (κ1) is 20.6. The zero-order valence-electron chi connectivity index (χ0n) is 17.3. The van der Waals surface area contributed by atoms with Gasteiger partial charge < -0.3 is 19.9 Å². The van der Waals surface area contributed by atoms with Crippen LogP contribution < -0.4 is 5.32 Å². The minimum Gasteiger partial charge on any atom is -0.467 e. The number of nitrogens with one attached hydrogen (secondary N) is 1. The molecule has 1 fully saturated rings. The summed E-state index contributed by atoms with van der Waals surface area (Å²) in [5, 5.41) is 24.9. The molecule has 0 radical (unpaired) electrons. The Morgan fingerprint density at radius 2 is 2.24 bits per heavy atom. The normalized spacial score (nSPS) is 33.8. The van der Waals surface area contributed by atoms with Crippen molar-refractivity contribution in [1.29, 1.82) is 0 Å². The molecule has 0 saturated heterocycles. The molecule has 4 rings (SSSR count). The number of aliphatic hydroxyl groups excluding tert-OH is 2. The van der Waals surface area contributed by atoms with Gasteiger partial charge in [-0.25, -0.2) is 4.98 Å². The van der Waals surface area contributed by atoms with E-state index in [1.165, 1.54) is 4.88 Å². The maximum atomic E-state index is 12.9. The van der Waals surface area contributed by atoms with E-state index >= 15 is 0 Å². The molecule has 5 unspecified atom stereocenters. The lowest BCUT2D eigenvalue weighted by Crippen LogP contribution is -2.57. The van der Waals surface area contributed by atoms with Crippen LogP contribution in [0.4, 0.5) is 0 Å². The summed E-state index contributed by atoms with van der Waals surface area (Å²) >= 11 is 1.68. The van der Waals surface area contributed by atoms with Crippen LogP contribution in [-0.2, 0) is 17.8 Å². The van der Waals surface area contributed by atoms with Gasteiger partial charge in [0.05, 0.1) is 36.2 Å². The Morgan fingerprint density at radius 3 is 2.93 bits per heavy atom. The molecule has 29 heavy (non-hydrogen) atoms. The van der Waals surface area contributed by atoms with Gasteiger partial charge in [-0.2, -0.15) is 0 Å². The van der Waals surface area contributed by atoms with Gasteiger partial charge in [-0.05, 0) is 49.7 Å². The summed E-state index contributed by atoms with van der Waals surface area (Å²) < 4.78 is 5.31. The molecule has 7 heteroatoms. The monoisotopic (exact) mass is 418 g/mol. The molecule has 2 aliphatic rings. The topological polar surface area (TPSA) is 95.6 Å². The molecule has 0 aliphatic heterocycles. The highest BCUT2D eigenvalue weighted by atomic mass is 32.1. The number of aliphatic hydroxyl groups is 2. The van der Waals surface area contributed by atoms with Gasteiger partial charge in [-0.1, -0.05) is 13.8 Å². The Hall–Kier alpha value is -1.70. The molecule has 0 aromatic carbocycles. The number of aromatic nitrogens is 1. The third kappa shape index (κ3) is 3.43. The predicted octanol–water partition coefficient (Wildman–Crippen LogP) is 3.17. The number of nitrogens with zero attached hydrogens (tertiary/aromatic N) is 1. The molecule has 3 N–H and O–H groups in total. The Balaban J connectivity index is 1.64. The van der Waals surface area contributed by atoms with Crippen LogP contribution in [-0.4, -0.2) is 33.8 Å². The second-order valence-corrected chi connectivity index (χ2v) is 10.4. The first-order chi connectivity index (χ1) is 13.8. The first-order valence-corrected chi connectivity index (χ1v) is 11.1. The van der Waals surface area contributed by atoms with Crippen LogP contribution in [0.3, 0.4) is 0 Å². The molecule has 5 atom stereocenters. The quantitative estimate of drug-likeness (QED) is 0.693. The van der Waals surface area contributed by atoms with E-state index < -0.39 is 11.5 Å². The Morgan fingerprint density at radius 1 is 1.45 bits per heavy atom. The molecular weight excluding hydrogens is 388 g/mol. The van der Waals surface area contributed by atoms with E-state index in [4.69, 9.17) is 9.40 Å². The minimum atomic E-state index is -0.578. The highest BCUT2D eigenvalue weighted by Gasteiger charge is 2.59. The van der Waals surface area contributed by atoms with E-state index in [2.05, 4.69) is 12.2 Å². The van der Waals surface area contributed by atoms with Crippen LogP contribution in [0.15, 0.2) is 22.8 Å². The van der Waals surface area contributed by atoms with Crippen LogP contribution >= 0.6 is 11.3 Å². The molecule has 2 aromatic heterocycles. The summed E-state index contributed by atoms with van der Waals surface area (Å²) in [7, 11) is 0. The number of thiazole rings is 1. The number of fused-ring (bicyclic) bond motifs is 2. The summed E-state index contributed by atoms with van der Waals surface area (Å²) in [6, 6.07) is 3.65. The SMILES string of the molecule is Cc1nc2c(s1)CC1C(C)(CO)C(O)CCC1(C)C2CC(=O)NCc1ccco1. The number of aryl methyl sites for hydroxylation is 1. The number of carbonyl (C=O) groups excluding carboxylic acids is 1. The van der Waals surface area contributed by atoms with E-state index in [0.717, 1.165) is 29.3 Å². The van der Waals surface area contributed by atoms with Gasteiger partial charge in [0.2, 0.25) is 5.91 Å². The van der Waals surface area contributed by atoms with Crippen molar-refractivity contribution in [2.24, 2.45) is 16.7 Å². The van der Waals surface area contributed by atoms with Crippen molar-refractivity contribution in [3.05, 3.63) is 39.7 Å². The lowest BCUT2D eigenvalue weighted by atomic mass is 9.47. The lowest BCUT2D eigenvalue weighted by Gasteiger charge is -2.58. The number of hydrogen-bond donors (Lipinski definition) is 3. The summed E-state index contributed by atoms with van der Waals surface area (Å²) in [4.78, 5) is 18.9. The molecule has 0 bridgehead atoms. The van der Waals surface area contributed by atoms with Crippen LogP contribution in [0.2, 0.25) is 0 Å². The minimum absolute atomic E-state index is 0.0262. The second kappa shape index (κ2) is 7.52. The zero-order valence-corrected chi connectivity index (χ0v) is 18.1. The maximum absolute atomic E-state index is 12.9. The average Bonchev–Trinajstić information content (AvgIpc) is 3.34. The van der Waals surface area contributed by atoms with Crippen LogP contribution in [0, 0.1) is 23.7 Å². The van der Waals surface area contributed by atoms with E-state index in [9.17, 15) is 15.0 Å². The fourth-order valence-electron chi connectivity index (χ4n) is 5.62. The van der Waals surface area contributed by atoms with Crippen molar-refractivity contribution in [1.82, 2.24) is 10.3 Å². The summed E-state index contributed by atoms with van der Waals surface area (Å²) in [6.07, 6.45) is 3.67. The smallest absolute Gasteiger partial charge is 0.221 e. The number of carbonyl (C=O) groups is 1. The van der Waals surface area contributed by atoms with Crippen LogP contribution in [0.5, 0.6) is 0 Å². The van der Waals surface area contributed by atoms with Gasteiger partial charge in [0.15, 0.2) is 0 Å². The van der Waals surface area contributed by atoms with Gasteiger partial charge in [0, 0.05) is 22.6 Å². The van der Waals surface area contributed by atoms with Gasteiger partial charge in [0.1, 0.15) is 5.76 Å². The molecule has 0 spiro atoms. The Bertz CT molecular complexity index is 880. The molecule has 6 nitrogen and oxygen atoms in total. The molecule has 2 aliphatic carbocycles. The van der Waals surface area contributed by atoms with Crippen molar-refractivity contribution < 1.29 is 19.4 Å². The van der Waals surface area contributed by atoms with Gasteiger partial charge in [-0.15, -0.1) is 11.3 Å². The van der Waals surface area contributed by atoms with E-state index in [0.29, 0.717) is 19.4 Å². The molecule has 2 aromatic rings. The summed E-state index contributed by atoms with van der Waals surface area (Å²) in [5.41, 5.74) is 0.258. The maximum Gasteiger partial charge on any atom is 0.221 e. The fraction of sp³-hybridized carbons (Fsp3) is 0.636. The first-order valence-electron chi connectivity index (χ1n) is 10.3. The second-order valence-electron chi connectivity index (χ2n) is 9.14. The van der Waals surface area contributed by atoms with Crippen molar-refractivity contribution in [3.8, 4) is 0 Å².